The van der Waals surface area contributed by atoms with Crippen LogP contribution in [0.5, 0.6) is 0 Å². The van der Waals surface area contributed by atoms with Crippen molar-refractivity contribution in [2.24, 2.45) is 0 Å². The van der Waals surface area contributed by atoms with Crippen LogP contribution in [0, 0.1) is 0 Å². The number of halogens is 1. The van der Waals surface area contributed by atoms with Gasteiger partial charge in [-0.3, -0.25) is 4.79 Å². The fraction of sp³-hybridized carbons (Fsp3) is 0.538. The number of hydrogen-bond acceptors (Lipinski definition) is 3. The number of carboxylic acids is 1. The zero-order valence-electron chi connectivity index (χ0n) is 11.1. The van der Waals surface area contributed by atoms with Crippen LogP contribution in [0.1, 0.15) is 30.3 Å². The Bertz CT molecular complexity index is 514. The lowest BCUT2D eigenvalue weighted by atomic mass is 10.2. The van der Waals surface area contributed by atoms with E-state index in [0.29, 0.717) is 31.6 Å². The Morgan fingerprint density at radius 2 is 2.30 bits per heavy atom. The maximum Gasteiger partial charge on any atom is 0.332 e. The lowest BCUT2D eigenvalue weighted by molar-refractivity contribution is -0.149. The minimum Gasteiger partial charge on any atom is -0.479 e. The summed E-state index contributed by atoms with van der Waals surface area (Å²) >= 11 is 3.34. The molecular formula is C13H17BrN2O4. The number of aromatic nitrogens is 1. The maximum absolute atomic E-state index is 12.1. The summed E-state index contributed by atoms with van der Waals surface area (Å²) in [6.45, 7) is 2.99. The van der Waals surface area contributed by atoms with E-state index in [9.17, 15) is 9.59 Å². The summed E-state index contributed by atoms with van der Waals surface area (Å²) in [5, 5.41) is 11.6. The Kier molecular flexibility index (Phi) is 4.82. The molecule has 1 aromatic rings. The summed E-state index contributed by atoms with van der Waals surface area (Å²) in [6, 6.07) is 1.76. The summed E-state index contributed by atoms with van der Waals surface area (Å²) in [5.41, 5.74) is 0.576. The SMILES string of the molecule is CCn1cc(Br)cc1C(=O)NCC1CCC(C(=O)O)O1. The molecule has 0 aromatic carbocycles. The molecule has 6 nitrogen and oxygen atoms in total. The first kappa shape index (κ1) is 15.1. The number of hydrogen-bond donors (Lipinski definition) is 2. The van der Waals surface area contributed by atoms with E-state index in [1.54, 1.807) is 6.07 Å². The van der Waals surface area contributed by atoms with Crippen molar-refractivity contribution < 1.29 is 19.4 Å². The van der Waals surface area contributed by atoms with Crippen LogP contribution in [0.3, 0.4) is 0 Å². The van der Waals surface area contributed by atoms with Crippen LogP contribution in [-0.2, 0) is 16.1 Å². The lowest BCUT2D eigenvalue weighted by Gasteiger charge is -2.13. The molecule has 0 spiro atoms. The third kappa shape index (κ3) is 3.40. The average molecular weight is 345 g/mol. The van der Waals surface area contributed by atoms with Crippen LogP contribution >= 0.6 is 15.9 Å². The fourth-order valence-corrected chi connectivity index (χ4v) is 2.73. The van der Waals surface area contributed by atoms with E-state index in [0.717, 1.165) is 4.47 Å². The number of nitrogens with one attached hydrogen (secondary N) is 1. The maximum atomic E-state index is 12.1. The topological polar surface area (TPSA) is 80.6 Å². The first-order chi connectivity index (χ1) is 9.51. The van der Waals surface area contributed by atoms with Gasteiger partial charge >= 0.3 is 5.97 Å². The van der Waals surface area contributed by atoms with E-state index in [-0.39, 0.29) is 12.0 Å². The molecule has 1 saturated heterocycles. The van der Waals surface area contributed by atoms with Gasteiger partial charge in [-0.1, -0.05) is 0 Å². The predicted molar refractivity (Wildman–Crippen MR) is 75.7 cm³/mol. The number of ether oxygens (including phenoxy) is 1. The van der Waals surface area contributed by atoms with Gasteiger partial charge in [-0.15, -0.1) is 0 Å². The summed E-state index contributed by atoms with van der Waals surface area (Å²) in [4.78, 5) is 22.9. The molecule has 1 aromatic heterocycles. The highest BCUT2D eigenvalue weighted by Gasteiger charge is 2.30. The number of carbonyl (C=O) groups is 2. The van der Waals surface area contributed by atoms with Crippen molar-refractivity contribution in [1.29, 1.82) is 0 Å². The summed E-state index contributed by atoms with van der Waals surface area (Å²) in [7, 11) is 0. The van der Waals surface area contributed by atoms with E-state index in [1.165, 1.54) is 0 Å². The van der Waals surface area contributed by atoms with E-state index in [4.69, 9.17) is 9.84 Å². The van der Waals surface area contributed by atoms with Gasteiger partial charge in [0.25, 0.3) is 5.91 Å². The van der Waals surface area contributed by atoms with Gasteiger partial charge in [0.15, 0.2) is 6.10 Å². The fourth-order valence-electron chi connectivity index (χ4n) is 2.26. The molecule has 2 unspecified atom stereocenters. The molecule has 2 rings (SSSR count). The van der Waals surface area contributed by atoms with Gasteiger partial charge in [0.1, 0.15) is 5.69 Å². The van der Waals surface area contributed by atoms with Crippen molar-refractivity contribution in [2.75, 3.05) is 6.54 Å². The second kappa shape index (κ2) is 6.41. The minimum absolute atomic E-state index is 0.181. The molecule has 1 aliphatic heterocycles. The molecule has 2 heterocycles. The van der Waals surface area contributed by atoms with E-state index in [1.807, 2.05) is 17.7 Å². The average Bonchev–Trinajstić information content (AvgIpc) is 3.02. The number of rotatable bonds is 5. The normalized spacial score (nSPS) is 21.9. The molecule has 2 N–H and O–H groups in total. The van der Waals surface area contributed by atoms with Crippen molar-refractivity contribution in [3.8, 4) is 0 Å². The predicted octanol–water partition coefficient (Wildman–Crippen LogP) is 1.63. The molecule has 0 radical (unpaired) electrons. The number of carbonyl (C=O) groups excluding carboxylic acids is 1. The van der Waals surface area contributed by atoms with Crippen molar-refractivity contribution in [1.82, 2.24) is 9.88 Å². The first-order valence-corrected chi connectivity index (χ1v) is 7.32. The van der Waals surface area contributed by atoms with Gasteiger partial charge in [-0.05, 0) is 41.8 Å². The highest BCUT2D eigenvalue weighted by Crippen LogP contribution is 2.19. The van der Waals surface area contributed by atoms with E-state index < -0.39 is 12.1 Å². The van der Waals surface area contributed by atoms with Gasteiger partial charge in [0.05, 0.1) is 6.10 Å². The smallest absolute Gasteiger partial charge is 0.332 e. The number of aryl methyl sites for hydroxylation is 1. The molecule has 0 saturated carbocycles. The van der Waals surface area contributed by atoms with Gasteiger partial charge < -0.3 is 19.7 Å². The monoisotopic (exact) mass is 344 g/mol. The summed E-state index contributed by atoms with van der Waals surface area (Å²) in [6.07, 6.45) is 2.02. The molecule has 1 aliphatic rings. The zero-order valence-corrected chi connectivity index (χ0v) is 12.7. The Balaban J connectivity index is 1.88. The molecule has 7 heteroatoms. The van der Waals surface area contributed by atoms with Crippen molar-refractivity contribution in [3.05, 3.63) is 22.4 Å². The van der Waals surface area contributed by atoms with Crippen molar-refractivity contribution in [3.63, 3.8) is 0 Å². The molecule has 1 amide bonds. The second-order valence-electron chi connectivity index (χ2n) is 4.70. The van der Waals surface area contributed by atoms with Crippen LogP contribution in [0.15, 0.2) is 16.7 Å². The van der Waals surface area contributed by atoms with Gasteiger partial charge in [0.2, 0.25) is 0 Å². The summed E-state index contributed by atoms with van der Waals surface area (Å²) < 4.78 is 8.04. The standard InChI is InChI=1S/C13H17BrN2O4/c1-2-16-7-8(14)5-10(16)12(17)15-6-9-3-4-11(20-9)13(18)19/h5,7,9,11H,2-4,6H2,1H3,(H,15,17)(H,18,19). The van der Waals surface area contributed by atoms with Gasteiger partial charge in [-0.2, -0.15) is 0 Å². The number of carboxylic acid groups (broad SMARTS) is 1. The molecular weight excluding hydrogens is 328 g/mol. The molecule has 110 valence electrons. The molecule has 0 aliphatic carbocycles. The van der Waals surface area contributed by atoms with Crippen LogP contribution in [0.4, 0.5) is 0 Å². The van der Waals surface area contributed by atoms with E-state index in [2.05, 4.69) is 21.2 Å². The number of nitrogens with zero attached hydrogens (tertiary/aromatic N) is 1. The molecule has 1 fully saturated rings. The van der Waals surface area contributed by atoms with Crippen LogP contribution in [-0.4, -0.2) is 40.3 Å². The third-order valence-electron chi connectivity index (χ3n) is 3.31. The van der Waals surface area contributed by atoms with E-state index >= 15 is 0 Å². The van der Waals surface area contributed by atoms with Crippen LogP contribution in [0.25, 0.3) is 0 Å². The highest BCUT2D eigenvalue weighted by molar-refractivity contribution is 9.10. The van der Waals surface area contributed by atoms with Crippen LogP contribution < -0.4 is 5.32 Å². The molecule has 2 atom stereocenters. The first-order valence-electron chi connectivity index (χ1n) is 6.53. The Hall–Kier alpha value is -1.34. The molecule has 0 bridgehead atoms. The second-order valence-corrected chi connectivity index (χ2v) is 5.62. The van der Waals surface area contributed by atoms with Crippen molar-refractivity contribution >= 4 is 27.8 Å². The number of aliphatic carboxylic acids is 1. The lowest BCUT2D eigenvalue weighted by Crippen LogP contribution is -2.34. The summed E-state index contributed by atoms with van der Waals surface area (Å²) in [5.74, 6) is -1.12. The third-order valence-corrected chi connectivity index (χ3v) is 3.74. The highest BCUT2D eigenvalue weighted by atomic mass is 79.9. The Morgan fingerprint density at radius 1 is 1.55 bits per heavy atom. The van der Waals surface area contributed by atoms with Gasteiger partial charge in [-0.25, -0.2) is 4.79 Å². The molecule has 20 heavy (non-hydrogen) atoms. The number of amides is 1. The quantitative estimate of drug-likeness (QED) is 0.850. The Morgan fingerprint density at radius 3 is 2.90 bits per heavy atom. The zero-order chi connectivity index (χ0) is 14.7. The van der Waals surface area contributed by atoms with Gasteiger partial charge in [0, 0.05) is 23.8 Å². The minimum atomic E-state index is -0.942. The van der Waals surface area contributed by atoms with Crippen molar-refractivity contribution in [2.45, 2.75) is 38.5 Å². The largest absolute Gasteiger partial charge is 0.479 e. The van der Waals surface area contributed by atoms with Crippen LogP contribution in [0.2, 0.25) is 0 Å². The Labute approximate surface area is 125 Å².